The molecule has 5 rings (SSSR count). The van der Waals surface area contributed by atoms with E-state index < -0.39 is 6.04 Å². The number of halogens is 1. The van der Waals surface area contributed by atoms with Gasteiger partial charge in [-0.25, -0.2) is 4.99 Å². The maximum absolute atomic E-state index is 13.9. The molecule has 4 aromatic rings. The molecule has 1 aliphatic rings. The largest absolute Gasteiger partial charge is 0.497 e. The molecule has 0 saturated carbocycles. The van der Waals surface area contributed by atoms with E-state index >= 15 is 0 Å². The molecule has 1 atom stereocenters. The number of ether oxygens (including phenoxy) is 3. The van der Waals surface area contributed by atoms with E-state index in [4.69, 9.17) is 25.8 Å². The van der Waals surface area contributed by atoms with E-state index in [1.54, 1.807) is 61.1 Å². The van der Waals surface area contributed by atoms with Crippen LogP contribution in [0.1, 0.15) is 24.1 Å². The lowest BCUT2D eigenvalue weighted by Crippen LogP contribution is -2.40. The summed E-state index contributed by atoms with van der Waals surface area (Å²) in [7, 11) is 4.61. The standard InChI is InChI=1S/C30H26ClN3O5S/c1-17-25(28(35)33-20-8-6-5-7-9-20)26(19-10-12-21(37-2)13-11-19)34-29(36)24(40-30(34)32-17)16-18-14-22(31)27(39-4)23(15-18)38-3/h5-16,26H,1-4H3,(H,33,35). The Morgan fingerprint density at radius 1 is 1.02 bits per heavy atom. The smallest absolute Gasteiger partial charge is 0.271 e. The third-order valence-corrected chi connectivity index (χ3v) is 7.75. The summed E-state index contributed by atoms with van der Waals surface area (Å²) in [6.07, 6.45) is 1.73. The minimum Gasteiger partial charge on any atom is -0.497 e. The van der Waals surface area contributed by atoms with Crippen molar-refractivity contribution >= 4 is 40.6 Å². The summed E-state index contributed by atoms with van der Waals surface area (Å²) >= 11 is 7.64. The van der Waals surface area contributed by atoms with Crippen molar-refractivity contribution in [2.45, 2.75) is 13.0 Å². The third-order valence-electron chi connectivity index (χ3n) is 6.48. The molecule has 1 amide bonds. The van der Waals surface area contributed by atoms with Gasteiger partial charge in [-0.2, -0.15) is 0 Å². The first-order chi connectivity index (χ1) is 19.3. The lowest BCUT2D eigenvalue weighted by atomic mass is 9.95. The van der Waals surface area contributed by atoms with Crippen LogP contribution in [-0.4, -0.2) is 31.8 Å². The van der Waals surface area contributed by atoms with Crippen LogP contribution >= 0.6 is 22.9 Å². The van der Waals surface area contributed by atoms with E-state index in [0.29, 0.717) is 54.1 Å². The van der Waals surface area contributed by atoms with E-state index in [1.165, 1.54) is 25.6 Å². The normalized spacial score (nSPS) is 14.8. The van der Waals surface area contributed by atoms with Crippen molar-refractivity contribution in [3.8, 4) is 17.2 Å². The van der Waals surface area contributed by atoms with Crippen LogP contribution in [0.2, 0.25) is 5.02 Å². The highest BCUT2D eigenvalue weighted by atomic mass is 35.5. The molecule has 2 heterocycles. The summed E-state index contributed by atoms with van der Waals surface area (Å²) in [6, 6.07) is 19.2. The molecule has 3 aromatic carbocycles. The molecule has 204 valence electrons. The highest BCUT2D eigenvalue weighted by Gasteiger charge is 2.32. The number of carbonyl (C=O) groups is 1. The Morgan fingerprint density at radius 2 is 1.75 bits per heavy atom. The number of benzene rings is 3. The summed E-state index contributed by atoms with van der Waals surface area (Å²) in [4.78, 5) is 32.8. The van der Waals surface area contributed by atoms with Gasteiger partial charge in [0.15, 0.2) is 16.3 Å². The van der Waals surface area contributed by atoms with Crippen molar-refractivity contribution in [2.75, 3.05) is 26.6 Å². The molecule has 0 radical (unpaired) electrons. The third kappa shape index (κ3) is 5.13. The molecule has 1 unspecified atom stereocenters. The fraction of sp³-hybridized carbons (Fsp3) is 0.167. The molecular weight excluding hydrogens is 550 g/mol. The molecule has 8 nitrogen and oxygen atoms in total. The number of allylic oxidation sites excluding steroid dienone is 1. The maximum Gasteiger partial charge on any atom is 0.271 e. The van der Waals surface area contributed by atoms with Crippen LogP contribution in [0.15, 0.2) is 87.8 Å². The number of thiazole rings is 1. The monoisotopic (exact) mass is 575 g/mol. The summed E-state index contributed by atoms with van der Waals surface area (Å²) < 4.78 is 18.1. The van der Waals surface area contributed by atoms with E-state index in [-0.39, 0.29) is 11.5 Å². The summed E-state index contributed by atoms with van der Waals surface area (Å²) in [5.74, 6) is 1.18. The Balaban J connectivity index is 1.67. The zero-order valence-corrected chi connectivity index (χ0v) is 23.8. The number of fused-ring (bicyclic) bond motifs is 1. The van der Waals surface area contributed by atoms with Gasteiger partial charge >= 0.3 is 0 Å². The Bertz CT molecular complexity index is 1790. The van der Waals surface area contributed by atoms with Crippen molar-refractivity contribution in [1.82, 2.24) is 4.57 Å². The van der Waals surface area contributed by atoms with Gasteiger partial charge < -0.3 is 19.5 Å². The van der Waals surface area contributed by atoms with Crippen LogP contribution in [0.5, 0.6) is 17.2 Å². The number of para-hydroxylation sites is 1. The second kappa shape index (κ2) is 11.4. The fourth-order valence-corrected chi connectivity index (χ4v) is 5.95. The van der Waals surface area contributed by atoms with Gasteiger partial charge in [-0.15, -0.1) is 0 Å². The number of amides is 1. The Labute approximate surface area is 239 Å². The number of nitrogens with one attached hydrogen (secondary N) is 1. The molecular formula is C30H26ClN3O5S. The zero-order chi connectivity index (χ0) is 28.4. The molecule has 0 fully saturated rings. The minimum absolute atomic E-state index is 0.284. The van der Waals surface area contributed by atoms with Gasteiger partial charge in [0, 0.05) is 5.69 Å². The van der Waals surface area contributed by atoms with Crippen LogP contribution in [-0.2, 0) is 4.79 Å². The predicted octanol–water partition coefficient (Wildman–Crippen LogP) is 4.55. The lowest BCUT2D eigenvalue weighted by Gasteiger charge is -2.25. The molecule has 1 N–H and O–H groups in total. The van der Waals surface area contributed by atoms with Crippen LogP contribution in [0.25, 0.3) is 6.08 Å². The Hall–Kier alpha value is -4.34. The summed E-state index contributed by atoms with van der Waals surface area (Å²) in [6.45, 7) is 1.78. The van der Waals surface area contributed by atoms with Crippen LogP contribution in [0, 0.1) is 0 Å². The van der Waals surface area contributed by atoms with Gasteiger partial charge in [0.2, 0.25) is 0 Å². The van der Waals surface area contributed by atoms with Gasteiger partial charge in [-0.3, -0.25) is 14.2 Å². The molecule has 0 saturated heterocycles. The maximum atomic E-state index is 13.9. The van der Waals surface area contributed by atoms with Crippen LogP contribution in [0.4, 0.5) is 5.69 Å². The predicted molar refractivity (Wildman–Crippen MR) is 156 cm³/mol. The van der Waals surface area contributed by atoms with Crippen molar-refractivity contribution in [2.24, 2.45) is 4.99 Å². The number of anilines is 1. The Morgan fingerprint density at radius 3 is 2.40 bits per heavy atom. The quantitative estimate of drug-likeness (QED) is 0.349. The van der Waals surface area contributed by atoms with Gasteiger partial charge in [-0.1, -0.05) is 53.3 Å². The number of rotatable bonds is 7. The topological polar surface area (TPSA) is 91.2 Å². The van der Waals surface area contributed by atoms with E-state index in [9.17, 15) is 9.59 Å². The number of nitrogens with zero attached hydrogens (tertiary/aromatic N) is 2. The fourth-order valence-electron chi connectivity index (χ4n) is 4.61. The summed E-state index contributed by atoms with van der Waals surface area (Å²) in [5.41, 5.74) is 2.66. The van der Waals surface area contributed by atoms with Gasteiger partial charge in [0.1, 0.15) is 5.75 Å². The van der Waals surface area contributed by atoms with Gasteiger partial charge in [-0.05, 0) is 60.5 Å². The van der Waals surface area contributed by atoms with Crippen molar-refractivity contribution < 1.29 is 19.0 Å². The highest BCUT2D eigenvalue weighted by molar-refractivity contribution is 7.07. The second-order valence-corrected chi connectivity index (χ2v) is 10.3. The second-order valence-electron chi connectivity index (χ2n) is 8.91. The number of carbonyl (C=O) groups excluding carboxylic acids is 1. The first-order valence-corrected chi connectivity index (χ1v) is 13.5. The average molecular weight is 576 g/mol. The molecule has 40 heavy (non-hydrogen) atoms. The molecule has 0 spiro atoms. The first kappa shape index (κ1) is 27.2. The van der Waals surface area contributed by atoms with Gasteiger partial charge in [0.25, 0.3) is 11.5 Å². The molecule has 1 aliphatic heterocycles. The van der Waals surface area contributed by atoms with Gasteiger partial charge in [0.05, 0.1) is 48.2 Å². The minimum atomic E-state index is -0.706. The average Bonchev–Trinajstić information content (AvgIpc) is 3.26. The van der Waals surface area contributed by atoms with E-state index in [2.05, 4.69) is 10.3 Å². The molecule has 1 aromatic heterocycles. The summed E-state index contributed by atoms with van der Waals surface area (Å²) in [5, 5.41) is 3.30. The van der Waals surface area contributed by atoms with Crippen molar-refractivity contribution in [3.05, 3.63) is 114 Å². The van der Waals surface area contributed by atoms with Crippen LogP contribution < -0.4 is 34.4 Å². The highest BCUT2D eigenvalue weighted by Crippen LogP contribution is 2.36. The lowest BCUT2D eigenvalue weighted by molar-refractivity contribution is -0.113. The SMILES string of the molecule is COc1ccc(C2C(C(=O)Nc3ccccc3)=C(C)N=c3sc(=Cc4cc(Cl)c(OC)c(OC)c4)c(=O)n32)cc1. The number of hydrogen-bond donors (Lipinski definition) is 1. The first-order valence-electron chi connectivity index (χ1n) is 12.3. The number of hydrogen-bond acceptors (Lipinski definition) is 7. The molecule has 0 aliphatic carbocycles. The molecule has 0 bridgehead atoms. The molecule has 10 heteroatoms. The number of aromatic nitrogens is 1. The zero-order valence-electron chi connectivity index (χ0n) is 22.2. The van der Waals surface area contributed by atoms with E-state index in [0.717, 1.165) is 5.56 Å². The van der Waals surface area contributed by atoms with Crippen molar-refractivity contribution in [3.63, 3.8) is 0 Å². The van der Waals surface area contributed by atoms with Crippen LogP contribution in [0.3, 0.4) is 0 Å². The van der Waals surface area contributed by atoms with E-state index in [1.807, 2.05) is 30.3 Å². The number of methoxy groups -OCH3 is 3. The van der Waals surface area contributed by atoms with Crippen molar-refractivity contribution in [1.29, 1.82) is 0 Å². The Kier molecular flexibility index (Phi) is 7.77.